The SMILES string of the molecule is NC(=O)O[C@H]1CCOC1=O. The van der Waals surface area contributed by atoms with Gasteiger partial charge in [-0.1, -0.05) is 0 Å². The second-order valence-electron chi connectivity index (χ2n) is 1.88. The highest BCUT2D eigenvalue weighted by molar-refractivity contribution is 5.79. The molecule has 5 heteroatoms. The van der Waals surface area contributed by atoms with Crippen molar-refractivity contribution in [2.24, 2.45) is 5.73 Å². The number of hydrogen-bond acceptors (Lipinski definition) is 4. The zero-order chi connectivity index (χ0) is 7.56. The van der Waals surface area contributed by atoms with Crippen molar-refractivity contribution in [2.45, 2.75) is 12.5 Å². The van der Waals surface area contributed by atoms with Crippen molar-refractivity contribution in [1.82, 2.24) is 0 Å². The molecule has 0 aromatic rings. The van der Waals surface area contributed by atoms with Crippen molar-refractivity contribution < 1.29 is 19.1 Å². The third-order valence-electron chi connectivity index (χ3n) is 1.15. The smallest absolute Gasteiger partial charge is 0.405 e. The Morgan fingerprint density at radius 2 is 2.50 bits per heavy atom. The van der Waals surface area contributed by atoms with E-state index in [9.17, 15) is 9.59 Å². The van der Waals surface area contributed by atoms with Crippen LogP contribution in [0.5, 0.6) is 0 Å². The highest BCUT2D eigenvalue weighted by Gasteiger charge is 2.29. The molecular formula is C5H7NO4. The molecule has 0 aromatic heterocycles. The van der Waals surface area contributed by atoms with Crippen molar-refractivity contribution in [3.05, 3.63) is 0 Å². The van der Waals surface area contributed by atoms with Crippen molar-refractivity contribution in [3.63, 3.8) is 0 Å². The number of esters is 1. The highest BCUT2D eigenvalue weighted by Crippen LogP contribution is 2.09. The Balaban J connectivity index is 2.40. The number of hydrogen-bond donors (Lipinski definition) is 1. The van der Waals surface area contributed by atoms with E-state index >= 15 is 0 Å². The first kappa shape index (κ1) is 6.85. The lowest BCUT2D eigenvalue weighted by Gasteiger charge is -2.02. The van der Waals surface area contributed by atoms with Gasteiger partial charge in [0, 0.05) is 6.42 Å². The van der Waals surface area contributed by atoms with Gasteiger partial charge in [-0.05, 0) is 0 Å². The largest absolute Gasteiger partial charge is 0.463 e. The van der Waals surface area contributed by atoms with Gasteiger partial charge in [-0.25, -0.2) is 9.59 Å². The van der Waals surface area contributed by atoms with Crippen LogP contribution < -0.4 is 5.73 Å². The lowest BCUT2D eigenvalue weighted by Crippen LogP contribution is -2.26. The Morgan fingerprint density at radius 1 is 1.80 bits per heavy atom. The van der Waals surface area contributed by atoms with Gasteiger partial charge < -0.3 is 15.2 Å². The Morgan fingerprint density at radius 3 is 2.90 bits per heavy atom. The van der Waals surface area contributed by atoms with Crippen LogP contribution in [-0.2, 0) is 14.3 Å². The number of cyclic esters (lactones) is 1. The van der Waals surface area contributed by atoms with Crippen LogP contribution in [0.1, 0.15) is 6.42 Å². The molecule has 1 fully saturated rings. The summed E-state index contributed by atoms with van der Waals surface area (Å²) in [5.74, 6) is -0.515. The topological polar surface area (TPSA) is 78.6 Å². The van der Waals surface area contributed by atoms with E-state index < -0.39 is 18.2 Å². The number of ether oxygens (including phenoxy) is 2. The van der Waals surface area contributed by atoms with Crippen molar-refractivity contribution in [2.75, 3.05) is 6.61 Å². The summed E-state index contributed by atoms with van der Waals surface area (Å²) in [7, 11) is 0. The second-order valence-corrected chi connectivity index (χ2v) is 1.88. The molecule has 1 heterocycles. The molecule has 1 atom stereocenters. The molecule has 1 amide bonds. The van der Waals surface area contributed by atoms with Crippen LogP contribution in [0.4, 0.5) is 4.79 Å². The summed E-state index contributed by atoms with van der Waals surface area (Å²) in [6.45, 7) is 0.302. The molecule has 5 nitrogen and oxygen atoms in total. The third kappa shape index (κ3) is 1.37. The van der Waals surface area contributed by atoms with Gasteiger partial charge in [0.2, 0.25) is 6.10 Å². The predicted octanol–water partition coefficient (Wildman–Crippen LogP) is -0.603. The summed E-state index contributed by atoms with van der Waals surface area (Å²) in [6.07, 6.45) is -1.32. The fourth-order valence-electron chi connectivity index (χ4n) is 0.725. The van der Waals surface area contributed by atoms with E-state index in [-0.39, 0.29) is 0 Å². The molecule has 0 radical (unpaired) electrons. The standard InChI is InChI=1S/C5H7NO4/c6-5(8)10-3-1-2-9-4(3)7/h3H,1-2H2,(H2,6,8)/t3-/m0/s1. The first-order valence-electron chi connectivity index (χ1n) is 2.83. The Bertz CT molecular complexity index is 167. The molecule has 0 unspecified atom stereocenters. The monoisotopic (exact) mass is 145 g/mol. The lowest BCUT2D eigenvalue weighted by molar-refractivity contribution is -0.144. The lowest BCUT2D eigenvalue weighted by atomic mass is 10.3. The third-order valence-corrected chi connectivity index (χ3v) is 1.15. The summed E-state index contributed by atoms with van der Waals surface area (Å²) in [5.41, 5.74) is 4.67. The van der Waals surface area contributed by atoms with Crippen LogP contribution in [0, 0.1) is 0 Å². The molecule has 1 aliphatic heterocycles. The van der Waals surface area contributed by atoms with Crippen LogP contribution in [0.15, 0.2) is 0 Å². The average Bonchev–Trinajstić information content (AvgIpc) is 2.15. The van der Waals surface area contributed by atoms with Crippen molar-refractivity contribution >= 4 is 12.1 Å². The van der Waals surface area contributed by atoms with E-state index in [4.69, 9.17) is 0 Å². The number of primary amides is 1. The number of carbonyl (C=O) groups excluding carboxylic acids is 2. The number of carbonyl (C=O) groups is 2. The molecule has 0 bridgehead atoms. The van der Waals surface area contributed by atoms with Gasteiger partial charge in [-0.2, -0.15) is 0 Å². The van der Waals surface area contributed by atoms with E-state index in [0.717, 1.165) is 0 Å². The Hall–Kier alpha value is -1.26. The van der Waals surface area contributed by atoms with Gasteiger partial charge in [-0.15, -0.1) is 0 Å². The molecule has 2 N–H and O–H groups in total. The van der Waals surface area contributed by atoms with Crippen LogP contribution in [0.2, 0.25) is 0 Å². The summed E-state index contributed by atoms with van der Waals surface area (Å²) in [4.78, 5) is 20.6. The minimum absolute atomic E-state index is 0.302. The van der Waals surface area contributed by atoms with Crippen LogP contribution in [0.3, 0.4) is 0 Å². The normalized spacial score (nSPS) is 24.0. The highest BCUT2D eigenvalue weighted by atomic mass is 16.6. The van der Waals surface area contributed by atoms with Crippen molar-refractivity contribution in [3.8, 4) is 0 Å². The Kier molecular flexibility index (Phi) is 1.75. The second kappa shape index (κ2) is 2.55. The first-order chi connectivity index (χ1) is 4.70. The van der Waals surface area contributed by atoms with Gasteiger partial charge in [0.15, 0.2) is 0 Å². The average molecular weight is 145 g/mol. The molecule has 1 aliphatic rings. The quantitative estimate of drug-likeness (QED) is 0.499. The zero-order valence-corrected chi connectivity index (χ0v) is 5.20. The fourth-order valence-corrected chi connectivity index (χ4v) is 0.725. The van der Waals surface area contributed by atoms with Crippen LogP contribution in [0.25, 0.3) is 0 Å². The molecular weight excluding hydrogens is 138 g/mol. The molecule has 0 aliphatic carbocycles. The number of amides is 1. The summed E-state index contributed by atoms with van der Waals surface area (Å²) in [5, 5.41) is 0. The van der Waals surface area contributed by atoms with Crippen molar-refractivity contribution in [1.29, 1.82) is 0 Å². The maximum absolute atomic E-state index is 10.6. The van der Waals surface area contributed by atoms with E-state index in [1.807, 2.05) is 0 Å². The van der Waals surface area contributed by atoms with Gasteiger partial charge in [0.05, 0.1) is 6.61 Å². The summed E-state index contributed by atoms with van der Waals surface area (Å²) in [6, 6.07) is 0. The fraction of sp³-hybridized carbons (Fsp3) is 0.600. The molecule has 0 aromatic carbocycles. The van der Waals surface area contributed by atoms with E-state index in [0.29, 0.717) is 13.0 Å². The summed E-state index contributed by atoms with van der Waals surface area (Å²) >= 11 is 0. The maximum atomic E-state index is 10.6. The van der Waals surface area contributed by atoms with Gasteiger partial charge >= 0.3 is 12.1 Å². The predicted molar refractivity (Wildman–Crippen MR) is 30.0 cm³/mol. The number of nitrogens with two attached hydrogens (primary N) is 1. The van der Waals surface area contributed by atoms with Gasteiger partial charge in [0.25, 0.3) is 0 Å². The first-order valence-corrected chi connectivity index (χ1v) is 2.83. The maximum Gasteiger partial charge on any atom is 0.405 e. The van der Waals surface area contributed by atoms with Gasteiger partial charge in [-0.3, -0.25) is 0 Å². The van der Waals surface area contributed by atoms with Crippen LogP contribution in [-0.4, -0.2) is 24.8 Å². The number of rotatable bonds is 1. The molecule has 1 rings (SSSR count). The van der Waals surface area contributed by atoms with E-state index in [1.54, 1.807) is 0 Å². The zero-order valence-electron chi connectivity index (χ0n) is 5.20. The minimum atomic E-state index is -0.941. The molecule has 0 spiro atoms. The van der Waals surface area contributed by atoms with Gasteiger partial charge in [0.1, 0.15) is 0 Å². The molecule has 1 saturated heterocycles. The molecule has 10 heavy (non-hydrogen) atoms. The molecule has 56 valence electrons. The van der Waals surface area contributed by atoms with Crippen LogP contribution >= 0.6 is 0 Å². The van der Waals surface area contributed by atoms with E-state index in [2.05, 4.69) is 15.2 Å². The minimum Gasteiger partial charge on any atom is -0.463 e. The summed E-state index contributed by atoms with van der Waals surface area (Å²) < 4.78 is 8.88. The molecule has 0 saturated carbocycles. The van der Waals surface area contributed by atoms with E-state index in [1.165, 1.54) is 0 Å². The Labute approximate surface area is 57.1 Å².